The van der Waals surface area contributed by atoms with Crippen LogP contribution in [0.5, 0.6) is 0 Å². The molecule has 11 heteroatoms. The molecule has 1 N–H and O–H groups in total. The van der Waals surface area contributed by atoms with Crippen molar-refractivity contribution in [2.24, 2.45) is 0 Å². The first-order valence-corrected chi connectivity index (χ1v) is 6.02. The first kappa shape index (κ1) is 18.3. The van der Waals surface area contributed by atoms with E-state index in [0.717, 1.165) is 0 Å². The second-order valence-corrected chi connectivity index (χ2v) is 4.94. The third kappa shape index (κ3) is 4.61. The van der Waals surface area contributed by atoms with E-state index in [9.17, 15) is 40.3 Å². The van der Waals surface area contributed by atoms with Gasteiger partial charge in [-0.1, -0.05) is 0 Å². The van der Waals surface area contributed by atoms with Crippen LogP contribution in [0.15, 0.2) is 23.1 Å². The number of alkyl halides is 7. The molecule has 0 amide bonds. The molecule has 0 heterocycles. The van der Waals surface area contributed by atoms with Crippen LogP contribution in [0.4, 0.5) is 30.7 Å². The number of aliphatic carboxylic acids is 1. The van der Waals surface area contributed by atoms with Gasteiger partial charge in [-0.25, -0.2) is 9.18 Å². The highest BCUT2D eigenvalue weighted by Gasteiger charge is 2.37. The molecule has 1 aromatic rings. The molecule has 0 spiro atoms. The number of rotatable bonds is 3. The lowest BCUT2D eigenvalue weighted by Crippen LogP contribution is -2.22. The molecule has 1 rings (SSSR count). The van der Waals surface area contributed by atoms with Crippen molar-refractivity contribution in [2.45, 2.75) is 23.4 Å². The first-order chi connectivity index (χ1) is 9.82. The Morgan fingerprint density at radius 3 is 1.68 bits per heavy atom. The number of hydrogen-bond acceptors (Lipinski definition) is 3. The minimum Gasteiger partial charge on any atom is -0.479 e. The molecular formula is C11H5F7O3S. The predicted octanol–water partition coefficient (Wildman–Crippen LogP) is 3.77. The average Bonchev–Trinajstić information content (AvgIpc) is 2.35. The number of hydrogen-bond donors (Lipinski definition) is 1. The van der Waals surface area contributed by atoms with Crippen LogP contribution in [-0.2, 0) is 21.9 Å². The Morgan fingerprint density at radius 2 is 1.36 bits per heavy atom. The van der Waals surface area contributed by atoms with Gasteiger partial charge in [0.25, 0.3) is 6.17 Å². The van der Waals surface area contributed by atoms with Gasteiger partial charge in [0.2, 0.25) is 5.12 Å². The molecule has 0 fully saturated rings. The van der Waals surface area contributed by atoms with Crippen molar-refractivity contribution in [3.63, 3.8) is 0 Å². The van der Waals surface area contributed by atoms with Crippen LogP contribution < -0.4 is 0 Å². The molecular weight excluding hydrogens is 345 g/mol. The molecule has 0 aliphatic rings. The monoisotopic (exact) mass is 350 g/mol. The van der Waals surface area contributed by atoms with E-state index in [1.54, 1.807) is 0 Å². The fraction of sp³-hybridized carbons (Fsp3) is 0.273. The summed E-state index contributed by atoms with van der Waals surface area (Å²) < 4.78 is 88.0. The zero-order valence-corrected chi connectivity index (χ0v) is 10.9. The predicted molar refractivity (Wildman–Crippen MR) is 59.8 cm³/mol. The molecule has 0 bridgehead atoms. The summed E-state index contributed by atoms with van der Waals surface area (Å²) in [5.41, 5.74) is -3.38. The third-order valence-electron chi connectivity index (χ3n) is 2.20. The van der Waals surface area contributed by atoms with Gasteiger partial charge in [0, 0.05) is 4.90 Å². The van der Waals surface area contributed by atoms with Crippen molar-refractivity contribution in [2.75, 3.05) is 0 Å². The molecule has 0 radical (unpaired) electrons. The molecule has 1 aromatic carbocycles. The van der Waals surface area contributed by atoms with Crippen LogP contribution in [0.1, 0.15) is 11.1 Å². The second kappa shape index (κ2) is 6.15. The number of halogens is 7. The van der Waals surface area contributed by atoms with Crippen LogP contribution in [0, 0.1) is 0 Å². The maximum Gasteiger partial charge on any atom is 0.416 e. The quantitative estimate of drug-likeness (QED) is 0.512. The Morgan fingerprint density at radius 1 is 0.955 bits per heavy atom. The number of carbonyl (C=O) groups excluding carboxylic acids is 1. The summed E-state index contributed by atoms with van der Waals surface area (Å²) in [4.78, 5) is 20.5. The SMILES string of the molecule is O=C(O)C(F)C(=O)Sc1cc(C(F)(F)F)cc(C(F)(F)F)c1. The van der Waals surface area contributed by atoms with Gasteiger partial charge >= 0.3 is 18.3 Å². The Bertz CT molecular complexity index is 562. The van der Waals surface area contributed by atoms with E-state index >= 15 is 0 Å². The van der Waals surface area contributed by atoms with E-state index in [0.29, 0.717) is 0 Å². The van der Waals surface area contributed by atoms with Gasteiger partial charge in [-0.3, -0.25) is 4.79 Å². The number of carboxylic acid groups (broad SMARTS) is 1. The zero-order valence-electron chi connectivity index (χ0n) is 10.1. The lowest BCUT2D eigenvalue weighted by atomic mass is 10.1. The summed E-state index contributed by atoms with van der Waals surface area (Å²) in [5, 5.41) is 6.49. The maximum absolute atomic E-state index is 12.9. The summed E-state index contributed by atoms with van der Waals surface area (Å²) in [6, 6.07) is 0.234. The topological polar surface area (TPSA) is 54.4 Å². The molecule has 0 aromatic heterocycles. The molecule has 0 saturated carbocycles. The normalized spacial score (nSPS) is 13.8. The van der Waals surface area contributed by atoms with E-state index in [1.807, 2.05) is 0 Å². The van der Waals surface area contributed by atoms with Gasteiger partial charge < -0.3 is 5.11 Å². The summed E-state index contributed by atoms with van der Waals surface area (Å²) in [6.07, 6.45) is -13.3. The van der Waals surface area contributed by atoms with Crippen LogP contribution in [-0.4, -0.2) is 22.4 Å². The van der Waals surface area contributed by atoms with E-state index in [4.69, 9.17) is 5.11 Å². The van der Waals surface area contributed by atoms with Crippen LogP contribution in [0.3, 0.4) is 0 Å². The zero-order chi connectivity index (χ0) is 17.3. The third-order valence-corrected chi connectivity index (χ3v) is 3.08. The van der Waals surface area contributed by atoms with Gasteiger partial charge in [0.05, 0.1) is 11.1 Å². The Kier molecular flexibility index (Phi) is 5.10. The van der Waals surface area contributed by atoms with Gasteiger partial charge in [-0.2, -0.15) is 26.3 Å². The summed E-state index contributed by atoms with van der Waals surface area (Å²) in [5.74, 6) is -2.19. The van der Waals surface area contributed by atoms with E-state index in [2.05, 4.69) is 0 Å². The van der Waals surface area contributed by atoms with E-state index in [-0.39, 0.29) is 30.0 Å². The number of carbonyl (C=O) groups is 2. The Labute approximate surface area is 122 Å². The smallest absolute Gasteiger partial charge is 0.416 e. The average molecular weight is 350 g/mol. The largest absolute Gasteiger partial charge is 0.479 e. The number of thioether (sulfide) groups is 1. The summed E-state index contributed by atoms with van der Waals surface area (Å²) in [7, 11) is 0. The molecule has 0 aliphatic heterocycles. The molecule has 3 nitrogen and oxygen atoms in total. The molecule has 122 valence electrons. The van der Waals surface area contributed by atoms with Crippen molar-refractivity contribution in [1.82, 2.24) is 0 Å². The van der Waals surface area contributed by atoms with E-state index < -0.39 is 45.6 Å². The fourth-order valence-corrected chi connectivity index (χ4v) is 2.06. The number of benzene rings is 1. The van der Waals surface area contributed by atoms with Crippen molar-refractivity contribution in [1.29, 1.82) is 0 Å². The minimum absolute atomic E-state index is 0.168. The van der Waals surface area contributed by atoms with Crippen molar-refractivity contribution in [3.05, 3.63) is 29.3 Å². The Hall–Kier alpha value is -1.78. The lowest BCUT2D eigenvalue weighted by Gasteiger charge is -2.13. The van der Waals surface area contributed by atoms with Crippen LogP contribution in [0.25, 0.3) is 0 Å². The molecule has 22 heavy (non-hydrogen) atoms. The highest BCUT2D eigenvalue weighted by atomic mass is 32.2. The first-order valence-electron chi connectivity index (χ1n) is 5.20. The highest BCUT2D eigenvalue weighted by Crippen LogP contribution is 2.38. The van der Waals surface area contributed by atoms with Gasteiger partial charge in [-0.15, -0.1) is 0 Å². The maximum atomic E-state index is 12.9. The van der Waals surface area contributed by atoms with Crippen molar-refractivity contribution in [3.8, 4) is 0 Å². The summed E-state index contributed by atoms with van der Waals surface area (Å²) in [6.45, 7) is 0. The van der Waals surface area contributed by atoms with Gasteiger partial charge in [0.1, 0.15) is 0 Å². The Balaban J connectivity index is 3.25. The summed E-state index contributed by atoms with van der Waals surface area (Å²) >= 11 is -0.354. The molecule has 0 saturated heterocycles. The van der Waals surface area contributed by atoms with Crippen molar-refractivity contribution >= 4 is 22.8 Å². The minimum atomic E-state index is -5.12. The van der Waals surface area contributed by atoms with E-state index in [1.165, 1.54) is 0 Å². The standard InChI is InChI=1S/C11H5F7O3S/c12-7(8(19)20)9(21)22-6-2-4(10(13,14)15)1-5(3-6)11(16,17)18/h1-3,7H,(H,19,20). The molecule has 1 unspecified atom stereocenters. The highest BCUT2D eigenvalue weighted by molar-refractivity contribution is 8.13. The molecule has 1 atom stereocenters. The van der Waals surface area contributed by atoms with Crippen LogP contribution in [0.2, 0.25) is 0 Å². The number of carboxylic acids is 1. The van der Waals surface area contributed by atoms with Crippen molar-refractivity contribution < 1.29 is 45.4 Å². The lowest BCUT2D eigenvalue weighted by molar-refractivity contribution is -0.146. The van der Waals surface area contributed by atoms with Crippen LogP contribution >= 0.6 is 11.8 Å². The fourth-order valence-electron chi connectivity index (χ4n) is 1.25. The second-order valence-electron chi connectivity index (χ2n) is 3.86. The molecule has 0 aliphatic carbocycles. The van der Waals surface area contributed by atoms with Gasteiger partial charge in [0.15, 0.2) is 0 Å². The van der Waals surface area contributed by atoms with Gasteiger partial charge in [-0.05, 0) is 30.0 Å².